The van der Waals surface area contributed by atoms with Crippen molar-refractivity contribution in [1.29, 1.82) is 0 Å². The van der Waals surface area contributed by atoms with Gasteiger partial charge in [-0.25, -0.2) is 9.97 Å². The summed E-state index contributed by atoms with van der Waals surface area (Å²) in [6, 6.07) is 0.304. The van der Waals surface area contributed by atoms with E-state index in [9.17, 15) is 4.79 Å². The van der Waals surface area contributed by atoms with Crippen LogP contribution in [0.5, 0.6) is 0 Å². The molecule has 0 radical (unpaired) electrons. The molecule has 0 N–H and O–H groups in total. The van der Waals surface area contributed by atoms with E-state index < -0.39 is 0 Å². The third-order valence-corrected chi connectivity index (χ3v) is 4.21. The van der Waals surface area contributed by atoms with Crippen LogP contribution in [0.4, 0.5) is 0 Å². The van der Waals surface area contributed by atoms with Crippen molar-refractivity contribution in [3.05, 3.63) is 23.2 Å². The van der Waals surface area contributed by atoms with Crippen LogP contribution in [0.25, 0.3) is 0 Å². The van der Waals surface area contributed by atoms with Crippen molar-refractivity contribution >= 4 is 17.5 Å². The molecule has 1 saturated carbocycles. The zero-order valence-electron chi connectivity index (χ0n) is 11.7. The number of halogens is 1. The molecular weight excluding hydrogens is 262 g/mol. The molecule has 0 unspecified atom stereocenters. The van der Waals surface area contributed by atoms with Gasteiger partial charge in [-0.2, -0.15) is 0 Å². The lowest BCUT2D eigenvalue weighted by molar-refractivity contribution is 0.0629. The number of amides is 1. The molecule has 19 heavy (non-hydrogen) atoms. The minimum absolute atomic E-state index is 0.0751. The van der Waals surface area contributed by atoms with Crippen LogP contribution < -0.4 is 0 Å². The van der Waals surface area contributed by atoms with Crippen molar-refractivity contribution in [3.63, 3.8) is 0 Å². The van der Waals surface area contributed by atoms with Crippen molar-refractivity contribution in [1.82, 2.24) is 14.9 Å². The number of hydrogen-bond donors (Lipinski definition) is 0. The highest BCUT2D eigenvalue weighted by Crippen LogP contribution is 2.36. The molecule has 2 rings (SSSR count). The highest BCUT2D eigenvalue weighted by Gasteiger charge is 2.31. The first-order valence-corrected chi connectivity index (χ1v) is 7.01. The molecule has 1 heterocycles. The molecule has 0 bridgehead atoms. The van der Waals surface area contributed by atoms with E-state index in [2.05, 4.69) is 23.8 Å². The maximum atomic E-state index is 12.3. The zero-order valence-corrected chi connectivity index (χ0v) is 12.4. The SMILES string of the molecule is CN(C(=O)c1cnc(Cl)cn1)C1CCC(C)(C)CC1. The summed E-state index contributed by atoms with van der Waals surface area (Å²) in [5.74, 6) is -0.0751. The lowest BCUT2D eigenvalue weighted by Crippen LogP contribution is -2.41. The lowest BCUT2D eigenvalue weighted by Gasteiger charge is -2.38. The Labute approximate surface area is 119 Å². The van der Waals surface area contributed by atoms with Crippen molar-refractivity contribution < 1.29 is 4.79 Å². The van der Waals surface area contributed by atoms with E-state index in [1.54, 1.807) is 4.90 Å². The van der Waals surface area contributed by atoms with Gasteiger partial charge < -0.3 is 4.90 Å². The monoisotopic (exact) mass is 281 g/mol. The third kappa shape index (κ3) is 3.44. The van der Waals surface area contributed by atoms with E-state index in [1.807, 2.05) is 7.05 Å². The van der Waals surface area contributed by atoms with Gasteiger partial charge in [0.2, 0.25) is 0 Å². The Kier molecular flexibility index (Phi) is 4.09. The number of nitrogens with zero attached hydrogens (tertiary/aromatic N) is 3. The molecule has 1 aliphatic rings. The van der Waals surface area contributed by atoms with Crippen LogP contribution in [-0.4, -0.2) is 33.9 Å². The van der Waals surface area contributed by atoms with E-state index in [0.29, 0.717) is 22.3 Å². The summed E-state index contributed by atoms with van der Waals surface area (Å²) in [5, 5.41) is 0.304. The molecule has 1 aromatic rings. The van der Waals surface area contributed by atoms with E-state index in [1.165, 1.54) is 12.4 Å². The molecule has 0 spiro atoms. The average molecular weight is 282 g/mol. The van der Waals surface area contributed by atoms with Gasteiger partial charge in [-0.3, -0.25) is 4.79 Å². The van der Waals surface area contributed by atoms with Gasteiger partial charge in [0, 0.05) is 13.1 Å². The topological polar surface area (TPSA) is 46.1 Å². The maximum Gasteiger partial charge on any atom is 0.274 e. The minimum Gasteiger partial charge on any atom is -0.337 e. The summed E-state index contributed by atoms with van der Waals surface area (Å²) in [5.41, 5.74) is 0.761. The second-order valence-electron chi connectivity index (χ2n) is 6.04. The van der Waals surface area contributed by atoms with Crippen LogP contribution in [0.15, 0.2) is 12.4 Å². The van der Waals surface area contributed by atoms with Crippen molar-refractivity contribution in [2.24, 2.45) is 5.41 Å². The van der Waals surface area contributed by atoms with Gasteiger partial charge in [0.1, 0.15) is 10.8 Å². The fraction of sp³-hybridized carbons (Fsp3) is 0.643. The van der Waals surface area contributed by atoms with E-state index in [-0.39, 0.29) is 5.91 Å². The first-order valence-electron chi connectivity index (χ1n) is 6.64. The quantitative estimate of drug-likeness (QED) is 0.836. The molecule has 0 aromatic carbocycles. The molecule has 5 heteroatoms. The highest BCUT2D eigenvalue weighted by atomic mass is 35.5. The van der Waals surface area contributed by atoms with Crippen molar-refractivity contribution in [3.8, 4) is 0 Å². The molecule has 1 amide bonds. The largest absolute Gasteiger partial charge is 0.337 e. The number of aromatic nitrogens is 2. The molecule has 4 nitrogen and oxygen atoms in total. The fourth-order valence-electron chi connectivity index (χ4n) is 2.54. The van der Waals surface area contributed by atoms with Gasteiger partial charge in [0.05, 0.1) is 12.4 Å². The predicted octanol–water partition coefficient (Wildman–Crippen LogP) is 3.17. The molecule has 104 valence electrons. The van der Waals surface area contributed by atoms with Crippen LogP contribution >= 0.6 is 11.6 Å². The lowest BCUT2D eigenvalue weighted by atomic mass is 9.75. The predicted molar refractivity (Wildman–Crippen MR) is 75.2 cm³/mol. The Morgan fingerprint density at radius 1 is 1.32 bits per heavy atom. The zero-order chi connectivity index (χ0) is 14.0. The second kappa shape index (κ2) is 5.45. The Morgan fingerprint density at radius 3 is 2.47 bits per heavy atom. The van der Waals surface area contributed by atoms with E-state index in [0.717, 1.165) is 25.7 Å². The smallest absolute Gasteiger partial charge is 0.274 e. The number of hydrogen-bond acceptors (Lipinski definition) is 3. The normalized spacial score (nSPS) is 19.2. The Hall–Kier alpha value is -1.16. The number of rotatable bonds is 2. The van der Waals surface area contributed by atoms with Crippen LogP contribution in [-0.2, 0) is 0 Å². The second-order valence-corrected chi connectivity index (χ2v) is 6.42. The van der Waals surface area contributed by atoms with Crippen LogP contribution in [0.2, 0.25) is 5.15 Å². The number of carbonyl (C=O) groups is 1. The third-order valence-electron chi connectivity index (χ3n) is 4.02. The Balaban J connectivity index is 2.02. The molecule has 0 atom stereocenters. The van der Waals surface area contributed by atoms with Crippen molar-refractivity contribution in [2.75, 3.05) is 7.05 Å². The minimum atomic E-state index is -0.0751. The van der Waals surface area contributed by atoms with Gasteiger partial charge in [0.25, 0.3) is 5.91 Å². The van der Waals surface area contributed by atoms with E-state index in [4.69, 9.17) is 11.6 Å². The summed E-state index contributed by atoms with van der Waals surface area (Å²) >= 11 is 5.68. The van der Waals surface area contributed by atoms with E-state index >= 15 is 0 Å². The Morgan fingerprint density at radius 2 is 1.95 bits per heavy atom. The summed E-state index contributed by atoms with van der Waals surface area (Å²) < 4.78 is 0. The average Bonchev–Trinajstić information content (AvgIpc) is 2.38. The van der Waals surface area contributed by atoms with Crippen LogP contribution in [0, 0.1) is 5.41 Å². The van der Waals surface area contributed by atoms with Crippen molar-refractivity contribution in [2.45, 2.75) is 45.6 Å². The van der Waals surface area contributed by atoms with Gasteiger partial charge in [-0.05, 0) is 31.1 Å². The standard InChI is InChI=1S/C14H20ClN3O/c1-14(2)6-4-10(5-7-14)18(3)13(19)11-8-17-12(15)9-16-11/h8-10H,4-7H2,1-3H3. The fourth-order valence-corrected chi connectivity index (χ4v) is 2.64. The Bertz CT molecular complexity index is 448. The molecule has 1 aromatic heterocycles. The molecule has 0 saturated heterocycles. The summed E-state index contributed by atoms with van der Waals surface area (Å²) in [6.07, 6.45) is 7.26. The summed E-state index contributed by atoms with van der Waals surface area (Å²) in [4.78, 5) is 22.0. The molecule has 1 fully saturated rings. The van der Waals surface area contributed by atoms with Gasteiger partial charge >= 0.3 is 0 Å². The number of carbonyl (C=O) groups excluding carboxylic acids is 1. The van der Waals surface area contributed by atoms with Crippen LogP contribution in [0.3, 0.4) is 0 Å². The van der Waals surface area contributed by atoms with Crippen LogP contribution in [0.1, 0.15) is 50.0 Å². The first-order chi connectivity index (χ1) is 8.89. The summed E-state index contributed by atoms with van der Waals surface area (Å²) in [6.45, 7) is 4.57. The highest BCUT2D eigenvalue weighted by molar-refractivity contribution is 6.29. The maximum absolute atomic E-state index is 12.3. The molecule has 0 aliphatic heterocycles. The first kappa shape index (κ1) is 14.3. The van der Waals surface area contributed by atoms with Gasteiger partial charge in [0.15, 0.2) is 0 Å². The summed E-state index contributed by atoms with van der Waals surface area (Å²) in [7, 11) is 1.85. The molecular formula is C14H20ClN3O. The van der Waals surface area contributed by atoms with Gasteiger partial charge in [-0.15, -0.1) is 0 Å². The van der Waals surface area contributed by atoms with Gasteiger partial charge in [-0.1, -0.05) is 25.4 Å². The molecule has 1 aliphatic carbocycles.